The van der Waals surface area contributed by atoms with Crippen LogP contribution in [0.25, 0.3) is 0 Å². The number of anilines is 1. The van der Waals surface area contributed by atoms with Crippen LogP contribution >= 0.6 is 11.8 Å². The lowest BCUT2D eigenvalue weighted by molar-refractivity contribution is -0.118. The molecule has 0 saturated carbocycles. The first-order chi connectivity index (χ1) is 11.1. The Kier molecular flexibility index (Phi) is 6.05. The summed E-state index contributed by atoms with van der Waals surface area (Å²) in [4.78, 5) is 24.3. The Hall–Kier alpha value is -2.47. The van der Waals surface area contributed by atoms with E-state index >= 15 is 0 Å². The van der Waals surface area contributed by atoms with Crippen LogP contribution in [0.15, 0.2) is 53.4 Å². The van der Waals surface area contributed by atoms with Gasteiger partial charge >= 0.3 is 5.97 Å². The topological polar surface area (TPSA) is 64.6 Å². The van der Waals surface area contributed by atoms with Crippen LogP contribution < -0.4 is 10.1 Å². The molecule has 0 aromatic heterocycles. The molecule has 23 heavy (non-hydrogen) atoms. The van der Waals surface area contributed by atoms with Crippen LogP contribution in [-0.2, 0) is 9.53 Å². The minimum Gasteiger partial charge on any atom is -0.484 e. The van der Waals surface area contributed by atoms with Gasteiger partial charge in [-0.25, -0.2) is 4.79 Å². The molecule has 2 rings (SSSR count). The lowest BCUT2D eigenvalue weighted by Gasteiger charge is -2.08. The summed E-state index contributed by atoms with van der Waals surface area (Å²) in [5, 5.41) is 2.70. The predicted octanol–water partition coefficient (Wildman–Crippen LogP) is 3.21. The maximum absolute atomic E-state index is 11.9. The molecule has 2 aromatic carbocycles. The summed E-state index contributed by atoms with van der Waals surface area (Å²) in [6.07, 6.45) is 1.99. The van der Waals surface area contributed by atoms with Crippen molar-refractivity contribution in [1.82, 2.24) is 0 Å². The minimum absolute atomic E-state index is 0.0859. The summed E-state index contributed by atoms with van der Waals surface area (Å²) in [6, 6.07) is 14.0. The number of amides is 1. The zero-order chi connectivity index (χ0) is 16.7. The molecule has 0 heterocycles. The quantitative estimate of drug-likeness (QED) is 0.650. The summed E-state index contributed by atoms with van der Waals surface area (Å²) in [5.74, 6) is -0.0522. The molecule has 1 amide bonds. The number of hydrogen-bond donors (Lipinski definition) is 1. The number of rotatable bonds is 6. The van der Waals surface area contributed by atoms with Gasteiger partial charge in [-0.3, -0.25) is 4.79 Å². The summed E-state index contributed by atoms with van der Waals surface area (Å²) >= 11 is 1.64. The fraction of sp³-hybridized carbons (Fsp3) is 0.176. The monoisotopic (exact) mass is 331 g/mol. The first-order valence-electron chi connectivity index (χ1n) is 6.87. The Labute approximate surface area is 139 Å². The molecular weight excluding hydrogens is 314 g/mol. The number of esters is 1. The van der Waals surface area contributed by atoms with Crippen molar-refractivity contribution in [2.45, 2.75) is 4.90 Å². The number of benzene rings is 2. The zero-order valence-corrected chi connectivity index (χ0v) is 13.7. The zero-order valence-electron chi connectivity index (χ0n) is 12.9. The number of ether oxygens (including phenoxy) is 2. The molecule has 0 saturated heterocycles. The van der Waals surface area contributed by atoms with Gasteiger partial charge in [-0.1, -0.05) is 0 Å². The van der Waals surface area contributed by atoms with Crippen molar-refractivity contribution < 1.29 is 19.1 Å². The first kappa shape index (κ1) is 16.9. The van der Waals surface area contributed by atoms with Gasteiger partial charge in [-0.05, 0) is 54.8 Å². The van der Waals surface area contributed by atoms with Crippen molar-refractivity contribution in [1.29, 1.82) is 0 Å². The number of carbonyl (C=O) groups excluding carboxylic acids is 2. The lowest BCUT2D eigenvalue weighted by Crippen LogP contribution is -2.20. The van der Waals surface area contributed by atoms with Gasteiger partial charge in [0.2, 0.25) is 0 Å². The highest BCUT2D eigenvalue weighted by molar-refractivity contribution is 7.98. The normalized spacial score (nSPS) is 10.0. The summed E-state index contributed by atoms with van der Waals surface area (Å²) in [6.45, 7) is -0.0859. The van der Waals surface area contributed by atoms with Crippen molar-refractivity contribution in [2.75, 3.05) is 25.3 Å². The molecule has 6 heteroatoms. The van der Waals surface area contributed by atoms with Crippen LogP contribution in [-0.4, -0.2) is 31.8 Å². The second-order valence-corrected chi connectivity index (χ2v) is 5.46. The molecule has 120 valence electrons. The number of hydrogen-bond acceptors (Lipinski definition) is 5. The van der Waals surface area contributed by atoms with Crippen molar-refractivity contribution in [2.24, 2.45) is 0 Å². The van der Waals surface area contributed by atoms with E-state index in [0.717, 1.165) is 4.90 Å². The van der Waals surface area contributed by atoms with E-state index in [1.54, 1.807) is 36.0 Å². The molecule has 0 atom stereocenters. The fourth-order valence-electron chi connectivity index (χ4n) is 1.83. The highest BCUT2D eigenvalue weighted by Crippen LogP contribution is 2.19. The minimum atomic E-state index is -0.417. The highest BCUT2D eigenvalue weighted by Gasteiger charge is 2.07. The Morgan fingerprint density at radius 1 is 1.04 bits per heavy atom. The summed E-state index contributed by atoms with van der Waals surface area (Å²) < 4.78 is 10.0. The maximum Gasteiger partial charge on any atom is 0.337 e. The average Bonchev–Trinajstić information content (AvgIpc) is 2.60. The van der Waals surface area contributed by atoms with Crippen LogP contribution in [0.5, 0.6) is 5.75 Å². The maximum atomic E-state index is 11.9. The number of nitrogens with one attached hydrogen (secondary N) is 1. The second-order valence-electron chi connectivity index (χ2n) is 4.58. The van der Waals surface area contributed by atoms with Gasteiger partial charge in [0.25, 0.3) is 5.91 Å². The molecule has 0 aliphatic heterocycles. The molecule has 0 bridgehead atoms. The summed E-state index contributed by atoms with van der Waals surface area (Å²) in [5.41, 5.74) is 1.01. The Bertz CT molecular complexity index is 668. The van der Waals surface area contributed by atoms with Crippen molar-refractivity contribution in [3.05, 3.63) is 54.1 Å². The van der Waals surface area contributed by atoms with E-state index in [9.17, 15) is 9.59 Å². The van der Waals surface area contributed by atoms with Gasteiger partial charge in [0.05, 0.1) is 12.7 Å². The lowest BCUT2D eigenvalue weighted by atomic mass is 10.2. The van der Waals surface area contributed by atoms with E-state index in [0.29, 0.717) is 17.0 Å². The van der Waals surface area contributed by atoms with Crippen molar-refractivity contribution in [3.8, 4) is 5.75 Å². The Morgan fingerprint density at radius 2 is 1.70 bits per heavy atom. The van der Waals surface area contributed by atoms with Gasteiger partial charge in [0.1, 0.15) is 5.75 Å². The highest BCUT2D eigenvalue weighted by atomic mass is 32.2. The van der Waals surface area contributed by atoms with Crippen LogP contribution in [0.1, 0.15) is 10.4 Å². The van der Waals surface area contributed by atoms with Crippen molar-refractivity contribution in [3.63, 3.8) is 0 Å². The molecule has 0 aliphatic carbocycles. The van der Waals surface area contributed by atoms with E-state index < -0.39 is 5.97 Å². The molecule has 1 N–H and O–H groups in total. The molecule has 2 aromatic rings. The van der Waals surface area contributed by atoms with E-state index in [4.69, 9.17) is 4.74 Å². The van der Waals surface area contributed by atoms with E-state index in [-0.39, 0.29) is 12.5 Å². The Balaban J connectivity index is 1.85. The SMILES string of the molecule is COC(=O)c1ccc(NC(=O)COc2ccc(SC)cc2)cc1. The van der Waals surface area contributed by atoms with E-state index in [1.807, 2.05) is 30.5 Å². The Morgan fingerprint density at radius 3 is 2.26 bits per heavy atom. The first-order valence-corrected chi connectivity index (χ1v) is 8.10. The van der Waals surface area contributed by atoms with Gasteiger partial charge in [-0.2, -0.15) is 0 Å². The second kappa shape index (κ2) is 8.24. The fourth-order valence-corrected chi connectivity index (χ4v) is 2.23. The van der Waals surface area contributed by atoms with Gasteiger partial charge < -0.3 is 14.8 Å². The third kappa shape index (κ3) is 5.03. The molecule has 0 spiro atoms. The predicted molar refractivity (Wildman–Crippen MR) is 90.1 cm³/mol. The number of thioether (sulfide) groups is 1. The third-order valence-corrected chi connectivity index (χ3v) is 3.76. The van der Waals surface area contributed by atoms with Crippen LogP contribution in [0, 0.1) is 0 Å². The van der Waals surface area contributed by atoms with Gasteiger partial charge in [-0.15, -0.1) is 11.8 Å². The summed E-state index contributed by atoms with van der Waals surface area (Å²) in [7, 11) is 1.32. The average molecular weight is 331 g/mol. The van der Waals surface area contributed by atoms with Crippen LogP contribution in [0.2, 0.25) is 0 Å². The van der Waals surface area contributed by atoms with Crippen LogP contribution in [0.4, 0.5) is 5.69 Å². The van der Waals surface area contributed by atoms with Crippen LogP contribution in [0.3, 0.4) is 0 Å². The van der Waals surface area contributed by atoms with Gasteiger partial charge in [0.15, 0.2) is 6.61 Å². The molecule has 5 nitrogen and oxygen atoms in total. The smallest absolute Gasteiger partial charge is 0.337 e. The molecule has 0 aliphatic rings. The third-order valence-electron chi connectivity index (χ3n) is 3.02. The molecule has 0 radical (unpaired) electrons. The molecular formula is C17H17NO4S. The van der Waals surface area contributed by atoms with E-state index in [2.05, 4.69) is 10.1 Å². The largest absolute Gasteiger partial charge is 0.484 e. The molecule has 0 unspecified atom stereocenters. The standard InChI is InChI=1S/C17H17NO4S/c1-21-17(20)12-3-5-13(6-4-12)18-16(19)11-22-14-7-9-15(23-2)10-8-14/h3-10H,11H2,1-2H3,(H,18,19). The molecule has 0 fully saturated rings. The van der Waals surface area contributed by atoms with E-state index in [1.165, 1.54) is 7.11 Å². The van der Waals surface area contributed by atoms with Crippen molar-refractivity contribution >= 4 is 29.3 Å². The van der Waals surface area contributed by atoms with Gasteiger partial charge in [0, 0.05) is 10.6 Å². The number of methoxy groups -OCH3 is 1. The number of carbonyl (C=O) groups is 2.